The summed E-state index contributed by atoms with van der Waals surface area (Å²) >= 11 is 5.92. The molecule has 0 aliphatic heterocycles. The smallest absolute Gasteiger partial charge is 0.120 e. The van der Waals surface area contributed by atoms with Gasteiger partial charge in [-0.05, 0) is 37.1 Å². The van der Waals surface area contributed by atoms with Gasteiger partial charge in [-0.1, -0.05) is 41.9 Å². The zero-order valence-electron chi connectivity index (χ0n) is 10.9. The first-order valence-corrected chi connectivity index (χ1v) is 6.77. The molecule has 2 aromatic rings. The number of phenolic OH excluding ortho intramolecular Hbond substituents is 1. The molecule has 0 saturated heterocycles. The molecule has 0 bridgehead atoms. The van der Waals surface area contributed by atoms with Gasteiger partial charge in [-0.25, -0.2) is 0 Å². The van der Waals surface area contributed by atoms with E-state index in [0.717, 1.165) is 12.0 Å². The van der Waals surface area contributed by atoms with Gasteiger partial charge in [-0.2, -0.15) is 0 Å². The molecule has 1 atom stereocenters. The molecule has 2 N–H and O–H groups in total. The van der Waals surface area contributed by atoms with E-state index < -0.39 is 0 Å². The maximum Gasteiger partial charge on any atom is 0.120 e. The minimum Gasteiger partial charge on any atom is -0.508 e. The van der Waals surface area contributed by atoms with Crippen LogP contribution in [0, 0.1) is 0 Å². The third-order valence-corrected chi connectivity index (χ3v) is 3.30. The molecule has 100 valence electrons. The van der Waals surface area contributed by atoms with E-state index in [1.807, 2.05) is 18.2 Å². The predicted octanol–water partition coefficient (Wildman–Crippen LogP) is 3.77. The SMILES string of the molecule is CC(Cc1ccccc1)NCc1cc(Cl)ccc1O. The number of hydrogen-bond acceptors (Lipinski definition) is 2. The van der Waals surface area contributed by atoms with Crippen LogP contribution in [0.5, 0.6) is 5.75 Å². The van der Waals surface area contributed by atoms with Crippen molar-refractivity contribution in [2.45, 2.75) is 25.9 Å². The molecule has 3 heteroatoms. The van der Waals surface area contributed by atoms with Crippen molar-refractivity contribution in [2.24, 2.45) is 0 Å². The summed E-state index contributed by atoms with van der Waals surface area (Å²) in [5, 5.41) is 13.8. The van der Waals surface area contributed by atoms with E-state index in [1.54, 1.807) is 18.2 Å². The van der Waals surface area contributed by atoms with Gasteiger partial charge >= 0.3 is 0 Å². The molecule has 0 spiro atoms. The van der Waals surface area contributed by atoms with Crippen LogP contribution >= 0.6 is 11.6 Å². The van der Waals surface area contributed by atoms with Gasteiger partial charge in [-0.3, -0.25) is 0 Å². The van der Waals surface area contributed by atoms with E-state index in [2.05, 4.69) is 24.4 Å². The Balaban J connectivity index is 1.90. The number of aromatic hydroxyl groups is 1. The zero-order chi connectivity index (χ0) is 13.7. The number of phenols is 1. The van der Waals surface area contributed by atoms with E-state index in [1.165, 1.54) is 5.56 Å². The Labute approximate surface area is 119 Å². The highest BCUT2D eigenvalue weighted by atomic mass is 35.5. The molecule has 2 nitrogen and oxygen atoms in total. The molecule has 0 saturated carbocycles. The second kappa shape index (κ2) is 6.60. The Bertz CT molecular complexity index is 528. The zero-order valence-corrected chi connectivity index (χ0v) is 11.7. The van der Waals surface area contributed by atoms with E-state index in [9.17, 15) is 5.11 Å². The molecule has 19 heavy (non-hydrogen) atoms. The van der Waals surface area contributed by atoms with Crippen LogP contribution in [0.1, 0.15) is 18.1 Å². The molecule has 0 fully saturated rings. The largest absolute Gasteiger partial charge is 0.508 e. The molecule has 2 aromatic carbocycles. The number of benzene rings is 2. The molecule has 0 amide bonds. The van der Waals surface area contributed by atoms with Crippen LogP contribution in [-0.4, -0.2) is 11.1 Å². The summed E-state index contributed by atoms with van der Waals surface area (Å²) < 4.78 is 0. The van der Waals surface area contributed by atoms with Crippen molar-refractivity contribution in [3.8, 4) is 5.75 Å². The van der Waals surface area contributed by atoms with E-state index in [0.29, 0.717) is 17.6 Å². The first kappa shape index (κ1) is 13.9. The fourth-order valence-corrected chi connectivity index (χ4v) is 2.21. The van der Waals surface area contributed by atoms with E-state index in [4.69, 9.17) is 11.6 Å². The molecular formula is C16H18ClNO. The summed E-state index contributed by atoms with van der Waals surface area (Å²) in [7, 11) is 0. The molecule has 0 aromatic heterocycles. The molecule has 2 rings (SSSR count). The summed E-state index contributed by atoms with van der Waals surface area (Å²) in [6.45, 7) is 2.75. The van der Waals surface area contributed by atoms with Crippen LogP contribution in [-0.2, 0) is 13.0 Å². The highest BCUT2D eigenvalue weighted by Gasteiger charge is 2.06. The third kappa shape index (κ3) is 4.27. The second-order valence-electron chi connectivity index (χ2n) is 4.74. The van der Waals surface area contributed by atoms with Gasteiger partial charge in [0.25, 0.3) is 0 Å². The van der Waals surface area contributed by atoms with E-state index in [-0.39, 0.29) is 5.75 Å². The monoisotopic (exact) mass is 275 g/mol. The van der Waals surface area contributed by atoms with Crippen molar-refractivity contribution >= 4 is 11.6 Å². The van der Waals surface area contributed by atoms with Crippen molar-refractivity contribution in [3.63, 3.8) is 0 Å². The third-order valence-electron chi connectivity index (χ3n) is 3.07. The van der Waals surface area contributed by atoms with Gasteiger partial charge in [0.2, 0.25) is 0 Å². The van der Waals surface area contributed by atoms with Gasteiger partial charge in [0.15, 0.2) is 0 Å². The van der Waals surface area contributed by atoms with Gasteiger partial charge in [0.1, 0.15) is 5.75 Å². The fourth-order valence-electron chi connectivity index (χ4n) is 2.02. The topological polar surface area (TPSA) is 32.3 Å². The van der Waals surface area contributed by atoms with E-state index >= 15 is 0 Å². The van der Waals surface area contributed by atoms with Crippen LogP contribution in [0.2, 0.25) is 5.02 Å². The van der Waals surface area contributed by atoms with Gasteiger partial charge in [0, 0.05) is 23.2 Å². The summed E-state index contributed by atoms with van der Waals surface area (Å²) in [6.07, 6.45) is 0.960. The van der Waals surface area contributed by atoms with Crippen molar-refractivity contribution in [1.82, 2.24) is 5.32 Å². The van der Waals surface area contributed by atoms with Gasteiger partial charge < -0.3 is 10.4 Å². The Hall–Kier alpha value is -1.51. The standard InChI is InChI=1S/C16H18ClNO/c1-12(9-13-5-3-2-4-6-13)18-11-14-10-15(17)7-8-16(14)19/h2-8,10,12,18-19H,9,11H2,1H3. The summed E-state index contributed by atoms with van der Waals surface area (Å²) in [5.74, 6) is 0.281. The first-order chi connectivity index (χ1) is 9.15. The quantitative estimate of drug-likeness (QED) is 0.871. The summed E-state index contributed by atoms with van der Waals surface area (Å²) in [6, 6.07) is 15.8. The average molecular weight is 276 g/mol. The number of rotatable bonds is 5. The van der Waals surface area contributed by atoms with Crippen LogP contribution in [0.15, 0.2) is 48.5 Å². The van der Waals surface area contributed by atoms with Crippen LogP contribution < -0.4 is 5.32 Å². The molecular weight excluding hydrogens is 258 g/mol. The summed E-state index contributed by atoms with van der Waals surface area (Å²) in [4.78, 5) is 0. The van der Waals surface area contributed by atoms with Crippen LogP contribution in [0.3, 0.4) is 0 Å². The predicted molar refractivity (Wildman–Crippen MR) is 79.6 cm³/mol. The second-order valence-corrected chi connectivity index (χ2v) is 5.18. The molecule has 0 radical (unpaired) electrons. The summed E-state index contributed by atoms with van der Waals surface area (Å²) in [5.41, 5.74) is 2.13. The lowest BCUT2D eigenvalue weighted by Gasteiger charge is -2.14. The maximum atomic E-state index is 9.74. The van der Waals surface area contributed by atoms with Crippen molar-refractivity contribution in [3.05, 3.63) is 64.7 Å². The molecule has 0 aliphatic rings. The number of halogens is 1. The van der Waals surface area contributed by atoms with Gasteiger partial charge in [0.05, 0.1) is 0 Å². The van der Waals surface area contributed by atoms with Gasteiger partial charge in [-0.15, -0.1) is 0 Å². The maximum absolute atomic E-state index is 9.74. The minimum absolute atomic E-state index is 0.281. The average Bonchev–Trinajstić information content (AvgIpc) is 2.41. The fraction of sp³-hybridized carbons (Fsp3) is 0.250. The Morgan fingerprint density at radius 1 is 1.16 bits per heavy atom. The highest BCUT2D eigenvalue weighted by molar-refractivity contribution is 6.30. The molecule has 0 aliphatic carbocycles. The molecule has 0 heterocycles. The highest BCUT2D eigenvalue weighted by Crippen LogP contribution is 2.21. The van der Waals surface area contributed by atoms with Crippen LogP contribution in [0.4, 0.5) is 0 Å². The van der Waals surface area contributed by atoms with Crippen LogP contribution in [0.25, 0.3) is 0 Å². The Morgan fingerprint density at radius 2 is 1.89 bits per heavy atom. The van der Waals surface area contributed by atoms with Crippen molar-refractivity contribution in [1.29, 1.82) is 0 Å². The lowest BCUT2D eigenvalue weighted by atomic mass is 10.1. The normalized spacial score (nSPS) is 12.3. The first-order valence-electron chi connectivity index (χ1n) is 6.40. The van der Waals surface area contributed by atoms with Crippen molar-refractivity contribution in [2.75, 3.05) is 0 Å². The lowest BCUT2D eigenvalue weighted by Crippen LogP contribution is -2.27. The Kier molecular flexibility index (Phi) is 4.83. The van der Waals surface area contributed by atoms with Crippen molar-refractivity contribution < 1.29 is 5.11 Å². The molecule has 1 unspecified atom stereocenters. The minimum atomic E-state index is 0.281. The lowest BCUT2D eigenvalue weighted by molar-refractivity contribution is 0.458. The Morgan fingerprint density at radius 3 is 2.63 bits per heavy atom. The number of nitrogens with one attached hydrogen (secondary N) is 1. The number of hydrogen-bond donors (Lipinski definition) is 2.